The van der Waals surface area contributed by atoms with Gasteiger partial charge in [-0.3, -0.25) is 0 Å². The van der Waals surface area contributed by atoms with E-state index >= 15 is 0 Å². The van der Waals surface area contributed by atoms with Crippen LogP contribution in [0, 0.1) is 24.2 Å². The zero-order chi connectivity index (χ0) is 8.15. The van der Waals surface area contributed by atoms with E-state index in [0.29, 0.717) is 18.3 Å². The molecule has 0 aromatic rings. The van der Waals surface area contributed by atoms with Gasteiger partial charge in [0.1, 0.15) is 0 Å². The SMILES string of the molecule is C#CCC(N)C(C)C(C)C. The first-order chi connectivity index (χ1) is 4.59. The van der Waals surface area contributed by atoms with Crippen LogP contribution in [-0.4, -0.2) is 6.04 Å². The van der Waals surface area contributed by atoms with Crippen LogP contribution in [0.4, 0.5) is 0 Å². The Morgan fingerprint density at radius 1 is 1.40 bits per heavy atom. The van der Waals surface area contributed by atoms with Gasteiger partial charge in [0.2, 0.25) is 0 Å². The average Bonchev–Trinajstić information content (AvgIpc) is 1.87. The molecule has 1 heteroatoms. The molecule has 0 aliphatic carbocycles. The van der Waals surface area contributed by atoms with E-state index in [-0.39, 0.29) is 6.04 Å². The highest BCUT2D eigenvalue weighted by Gasteiger charge is 2.14. The molecule has 0 aromatic heterocycles. The van der Waals surface area contributed by atoms with Crippen molar-refractivity contribution >= 4 is 0 Å². The zero-order valence-electron chi connectivity index (χ0n) is 7.09. The minimum atomic E-state index is 0.171. The Labute approximate surface area is 64.0 Å². The van der Waals surface area contributed by atoms with E-state index in [1.54, 1.807) is 0 Å². The van der Waals surface area contributed by atoms with Crippen molar-refractivity contribution in [2.45, 2.75) is 33.2 Å². The summed E-state index contributed by atoms with van der Waals surface area (Å²) in [6, 6.07) is 0.171. The van der Waals surface area contributed by atoms with E-state index in [2.05, 4.69) is 26.7 Å². The number of terminal acetylenes is 1. The fourth-order valence-corrected chi connectivity index (χ4v) is 0.816. The van der Waals surface area contributed by atoms with Crippen molar-refractivity contribution in [3.05, 3.63) is 0 Å². The van der Waals surface area contributed by atoms with E-state index in [9.17, 15) is 0 Å². The van der Waals surface area contributed by atoms with E-state index in [4.69, 9.17) is 12.2 Å². The van der Waals surface area contributed by atoms with E-state index in [0.717, 1.165) is 0 Å². The molecule has 10 heavy (non-hydrogen) atoms. The summed E-state index contributed by atoms with van der Waals surface area (Å²) < 4.78 is 0. The molecule has 0 bridgehead atoms. The van der Waals surface area contributed by atoms with Gasteiger partial charge in [0.25, 0.3) is 0 Å². The lowest BCUT2D eigenvalue weighted by molar-refractivity contribution is 0.350. The normalized spacial score (nSPS) is 16.4. The van der Waals surface area contributed by atoms with Crippen molar-refractivity contribution in [3.8, 4) is 12.3 Å². The third-order valence-corrected chi connectivity index (χ3v) is 2.08. The van der Waals surface area contributed by atoms with E-state index in [1.807, 2.05) is 0 Å². The van der Waals surface area contributed by atoms with Crippen molar-refractivity contribution in [2.24, 2.45) is 17.6 Å². The first kappa shape index (κ1) is 9.52. The van der Waals surface area contributed by atoms with Crippen LogP contribution in [0.3, 0.4) is 0 Å². The molecule has 0 radical (unpaired) electrons. The second-order valence-electron chi connectivity index (χ2n) is 3.18. The van der Waals surface area contributed by atoms with Crippen LogP contribution < -0.4 is 5.73 Å². The molecule has 0 rings (SSSR count). The molecule has 2 atom stereocenters. The summed E-state index contributed by atoms with van der Waals surface area (Å²) in [7, 11) is 0. The van der Waals surface area contributed by atoms with Crippen LogP contribution in [-0.2, 0) is 0 Å². The molecular formula is C9H17N. The Kier molecular flexibility index (Phi) is 4.14. The maximum Gasteiger partial charge on any atom is 0.0241 e. The second-order valence-corrected chi connectivity index (χ2v) is 3.18. The standard InChI is InChI=1S/C9H17N/c1-5-6-9(10)8(4)7(2)3/h1,7-9H,6,10H2,2-4H3. The van der Waals surface area contributed by atoms with Crippen LogP contribution in [0.2, 0.25) is 0 Å². The fraction of sp³-hybridized carbons (Fsp3) is 0.778. The number of hydrogen-bond donors (Lipinski definition) is 1. The molecule has 0 aliphatic heterocycles. The lowest BCUT2D eigenvalue weighted by Crippen LogP contribution is -2.30. The van der Waals surface area contributed by atoms with E-state index in [1.165, 1.54) is 0 Å². The number of nitrogens with two attached hydrogens (primary N) is 1. The lowest BCUT2D eigenvalue weighted by atomic mass is 9.89. The minimum Gasteiger partial charge on any atom is -0.327 e. The van der Waals surface area contributed by atoms with Gasteiger partial charge < -0.3 is 5.73 Å². The van der Waals surface area contributed by atoms with Gasteiger partial charge in [-0.05, 0) is 11.8 Å². The zero-order valence-corrected chi connectivity index (χ0v) is 7.09. The predicted octanol–water partition coefficient (Wildman–Crippen LogP) is 1.63. The fourth-order valence-electron chi connectivity index (χ4n) is 0.816. The molecule has 0 amide bonds. The summed E-state index contributed by atoms with van der Waals surface area (Å²) >= 11 is 0. The highest BCUT2D eigenvalue weighted by atomic mass is 14.6. The van der Waals surface area contributed by atoms with Crippen LogP contribution in [0.1, 0.15) is 27.2 Å². The van der Waals surface area contributed by atoms with Crippen molar-refractivity contribution in [1.29, 1.82) is 0 Å². The third-order valence-electron chi connectivity index (χ3n) is 2.08. The summed E-state index contributed by atoms with van der Waals surface area (Å²) in [6.07, 6.45) is 5.83. The molecule has 0 spiro atoms. The van der Waals surface area contributed by atoms with Gasteiger partial charge >= 0.3 is 0 Å². The average molecular weight is 139 g/mol. The Hall–Kier alpha value is -0.480. The van der Waals surface area contributed by atoms with Crippen LogP contribution in [0.15, 0.2) is 0 Å². The highest BCUT2D eigenvalue weighted by Crippen LogP contribution is 2.14. The molecule has 2 N–H and O–H groups in total. The van der Waals surface area contributed by atoms with Crippen molar-refractivity contribution in [1.82, 2.24) is 0 Å². The molecule has 0 heterocycles. The molecule has 1 nitrogen and oxygen atoms in total. The quantitative estimate of drug-likeness (QED) is 0.591. The van der Waals surface area contributed by atoms with Gasteiger partial charge in [0.15, 0.2) is 0 Å². The largest absolute Gasteiger partial charge is 0.327 e. The topological polar surface area (TPSA) is 26.0 Å². The van der Waals surface area contributed by atoms with Crippen molar-refractivity contribution < 1.29 is 0 Å². The van der Waals surface area contributed by atoms with Crippen LogP contribution in [0.25, 0.3) is 0 Å². The van der Waals surface area contributed by atoms with Crippen LogP contribution >= 0.6 is 0 Å². The summed E-state index contributed by atoms with van der Waals surface area (Å²) in [5.41, 5.74) is 5.79. The van der Waals surface area contributed by atoms with Gasteiger partial charge in [-0.2, -0.15) is 0 Å². The molecule has 0 aliphatic rings. The Bertz CT molecular complexity index is 121. The summed E-state index contributed by atoms with van der Waals surface area (Å²) in [5, 5.41) is 0. The monoisotopic (exact) mass is 139 g/mol. The predicted molar refractivity (Wildman–Crippen MR) is 45.4 cm³/mol. The molecule has 0 fully saturated rings. The number of rotatable bonds is 3. The maximum atomic E-state index is 5.79. The summed E-state index contributed by atoms with van der Waals surface area (Å²) in [6.45, 7) is 6.48. The van der Waals surface area contributed by atoms with Gasteiger partial charge in [-0.1, -0.05) is 20.8 Å². The first-order valence-electron chi connectivity index (χ1n) is 3.78. The molecule has 2 unspecified atom stereocenters. The van der Waals surface area contributed by atoms with Gasteiger partial charge in [0.05, 0.1) is 0 Å². The van der Waals surface area contributed by atoms with Crippen LogP contribution in [0.5, 0.6) is 0 Å². The molecule has 58 valence electrons. The third kappa shape index (κ3) is 2.89. The Morgan fingerprint density at radius 3 is 2.20 bits per heavy atom. The Morgan fingerprint density at radius 2 is 1.90 bits per heavy atom. The van der Waals surface area contributed by atoms with E-state index < -0.39 is 0 Å². The second kappa shape index (κ2) is 4.35. The van der Waals surface area contributed by atoms with Gasteiger partial charge in [0, 0.05) is 12.5 Å². The molecule has 0 aromatic carbocycles. The van der Waals surface area contributed by atoms with Crippen molar-refractivity contribution in [2.75, 3.05) is 0 Å². The summed E-state index contributed by atoms with van der Waals surface area (Å²) in [5.74, 6) is 3.73. The van der Waals surface area contributed by atoms with Gasteiger partial charge in [-0.25, -0.2) is 0 Å². The minimum absolute atomic E-state index is 0.171. The molecule has 0 saturated heterocycles. The highest BCUT2D eigenvalue weighted by molar-refractivity contribution is 4.90. The number of hydrogen-bond acceptors (Lipinski definition) is 1. The lowest BCUT2D eigenvalue weighted by Gasteiger charge is -2.21. The van der Waals surface area contributed by atoms with Crippen molar-refractivity contribution in [3.63, 3.8) is 0 Å². The smallest absolute Gasteiger partial charge is 0.0241 e. The summed E-state index contributed by atoms with van der Waals surface area (Å²) in [4.78, 5) is 0. The Balaban J connectivity index is 3.72. The molecular weight excluding hydrogens is 122 g/mol. The molecule has 0 saturated carbocycles. The maximum absolute atomic E-state index is 5.79. The van der Waals surface area contributed by atoms with Gasteiger partial charge in [-0.15, -0.1) is 12.3 Å². The first-order valence-corrected chi connectivity index (χ1v) is 3.78.